The summed E-state index contributed by atoms with van der Waals surface area (Å²) in [4.78, 5) is 12.0. The zero-order valence-electron chi connectivity index (χ0n) is 9.30. The number of nitrogens with zero attached hydrogens (tertiary/aromatic N) is 3. The number of hydrogen-bond acceptors (Lipinski definition) is 4. The highest BCUT2D eigenvalue weighted by Crippen LogP contribution is 2.22. The summed E-state index contributed by atoms with van der Waals surface area (Å²) < 4.78 is 8.20. The standard InChI is InChI=1S/C11H6Br2N4O2/c12-6-3-7(10-16-14-5-17(10)4-6)15-11(18)8-1-2-9(13)19-8/h1-5H,(H,15,18). The summed E-state index contributed by atoms with van der Waals surface area (Å²) in [5.74, 6) is -0.141. The minimum absolute atomic E-state index is 0.213. The van der Waals surface area contributed by atoms with Crippen LogP contribution in [0.15, 0.2) is 44.3 Å². The van der Waals surface area contributed by atoms with E-state index in [4.69, 9.17) is 4.42 Å². The summed E-state index contributed by atoms with van der Waals surface area (Å²) in [6.45, 7) is 0. The number of furan rings is 1. The van der Waals surface area contributed by atoms with Crippen LogP contribution in [0.4, 0.5) is 5.69 Å². The van der Waals surface area contributed by atoms with E-state index in [2.05, 4.69) is 47.4 Å². The Morgan fingerprint density at radius 3 is 2.95 bits per heavy atom. The Bertz CT molecular complexity index is 765. The molecular formula is C11H6Br2N4O2. The van der Waals surface area contributed by atoms with Gasteiger partial charge in [-0.05, 0) is 50.1 Å². The van der Waals surface area contributed by atoms with Gasteiger partial charge in [0.2, 0.25) is 0 Å². The second-order valence-corrected chi connectivity index (χ2v) is 5.39. The van der Waals surface area contributed by atoms with Gasteiger partial charge < -0.3 is 9.73 Å². The normalized spacial score (nSPS) is 10.8. The maximum atomic E-state index is 12.0. The average molecular weight is 386 g/mol. The lowest BCUT2D eigenvalue weighted by atomic mass is 10.3. The van der Waals surface area contributed by atoms with Gasteiger partial charge in [0.05, 0.1) is 5.69 Å². The molecule has 19 heavy (non-hydrogen) atoms. The maximum absolute atomic E-state index is 12.0. The number of carbonyl (C=O) groups is 1. The van der Waals surface area contributed by atoms with E-state index in [0.717, 1.165) is 4.47 Å². The first-order valence-electron chi connectivity index (χ1n) is 5.19. The molecular weight excluding hydrogens is 380 g/mol. The Morgan fingerprint density at radius 2 is 2.21 bits per heavy atom. The van der Waals surface area contributed by atoms with Crippen LogP contribution in [-0.4, -0.2) is 20.5 Å². The highest BCUT2D eigenvalue weighted by Gasteiger charge is 2.14. The van der Waals surface area contributed by atoms with Crippen molar-refractivity contribution in [2.24, 2.45) is 0 Å². The van der Waals surface area contributed by atoms with Crippen molar-refractivity contribution in [3.8, 4) is 0 Å². The number of anilines is 1. The first-order valence-corrected chi connectivity index (χ1v) is 6.77. The second kappa shape index (κ2) is 4.78. The smallest absolute Gasteiger partial charge is 0.291 e. The molecule has 6 nitrogen and oxygen atoms in total. The van der Waals surface area contributed by atoms with Gasteiger partial charge in [-0.3, -0.25) is 9.20 Å². The first-order chi connectivity index (χ1) is 9.13. The third kappa shape index (κ3) is 2.41. The summed E-state index contributed by atoms with van der Waals surface area (Å²) in [5.41, 5.74) is 1.10. The first kappa shape index (κ1) is 12.4. The number of amides is 1. The fourth-order valence-electron chi connectivity index (χ4n) is 1.61. The second-order valence-electron chi connectivity index (χ2n) is 3.69. The summed E-state index contributed by atoms with van der Waals surface area (Å²) in [6, 6.07) is 4.99. The quantitative estimate of drug-likeness (QED) is 0.735. The van der Waals surface area contributed by atoms with Gasteiger partial charge in [0, 0.05) is 10.7 Å². The van der Waals surface area contributed by atoms with Crippen molar-refractivity contribution < 1.29 is 9.21 Å². The zero-order valence-corrected chi connectivity index (χ0v) is 12.5. The van der Waals surface area contributed by atoms with Crippen molar-refractivity contribution in [3.05, 3.63) is 45.6 Å². The van der Waals surface area contributed by atoms with Crippen molar-refractivity contribution in [2.75, 3.05) is 5.32 Å². The van der Waals surface area contributed by atoms with Crippen molar-refractivity contribution >= 4 is 49.1 Å². The molecule has 3 aromatic heterocycles. The summed E-state index contributed by atoms with van der Waals surface area (Å²) in [7, 11) is 0. The highest BCUT2D eigenvalue weighted by atomic mass is 79.9. The lowest BCUT2D eigenvalue weighted by molar-refractivity contribution is 0.0995. The van der Waals surface area contributed by atoms with E-state index in [9.17, 15) is 4.79 Å². The fourth-order valence-corrected chi connectivity index (χ4v) is 2.37. The van der Waals surface area contributed by atoms with Gasteiger partial charge in [0.15, 0.2) is 16.1 Å². The van der Waals surface area contributed by atoms with E-state index in [-0.39, 0.29) is 11.7 Å². The topological polar surface area (TPSA) is 72.4 Å². The molecule has 0 aromatic carbocycles. The lowest BCUT2D eigenvalue weighted by Gasteiger charge is -2.05. The van der Waals surface area contributed by atoms with Crippen LogP contribution in [0.1, 0.15) is 10.6 Å². The van der Waals surface area contributed by atoms with Crippen LogP contribution in [-0.2, 0) is 0 Å². The van der Waals surface area contributed by atoms with Crippen molar-refractivity contribution in [1.82, 2.24) is 14.6 Å². The highest BCUT2D eigenvalue weighted by molar-refractivity contribution is 9.10. The van der Waals surface area contributed by atoms with Crippen LogP contribution >= 0.6 is 31.9 Å². The molecule has 0 unspecified atom stereocenters. The minimum atomic E-state index is -0.353. The number of nitrogens with one attached hydrogen (secondary N) is 1. The van der Waals surface area contributed by atoms with Gasteiger partial charge in [-0.1, -0.05) is 0 Å². The van der Waals surface area contributed by atoms with Gasteiger partial charge in [-0.2, -0.15) is 0 Å². The van der Waals surface area contributed by atoms with Crippen LogP contribution < -0.4 is 5.32 Å². The van der Waals surface area contributed by atoms with Gasteiger partial charge in [-0.15, -0.1) is 10.2 Å². The zero-order chi connectivity index (χ0) is 13.4. The molecule has 0 aliphatic heterocycles. The molecule has 1 amide bonds. The van der Waals surface area contributed by atoms with Gasteiger partial charge in [0.1, 0.15) is 6.33 Å². The molecule has 0 radical (unpaired) electrons. The molecule has 0 saturated heterocycles. The molecule has 0 fully saturated rings. The van der Waals surface area contributed by atoms with Crippen molar-refractivity contribution in [1.29, 1.82) is 0 Å². The molecule has 0 aliphatic carbocycles. The van der Waals surface area contributed by atoms with E-state index >= 15 is 0 Å². The summed E-state index contributed by atoms with van der Waals surface area (Å²) in [6.07, 6.45) is 3.35. The van der Waals surface area contributed by atoms with E-state index in [1.165, 1.54) is 0 Å². The predicted octanol–water partition coefficient (Wildman–Crippen LogP) is 3.10. The molecule has 0 saturated carbocycles. The van der Waals surface area contributed by atoms with E-state index in [0.29, 0.717) is 16.0 Å². The predicted molar refractivity (Wildman–Crippen MR) is 75.0 cm³/mol. The minimum Gasteiger partial charge on any atom is -0.444 e. The Hall–Kier alpha value is -1.67. The molecule has 0 bridgehead atoms. The van der Waals surface area contributed by atoms with E-state index in [1.54, 1.807) is 35.1 Å². The number of hydrogen-bond donors (Lipinski definition) is 1. The van der Waals surface area contributed by atoms with Crippen LogP contribution in [0, 0.1) is 0 Å². The molecule has 1 N–H and O–H groups in total. The fraction of sp³-hybridized carbons (Fsp3) is 0. The molecule has 0 atom stereocenters. The number of carbonyl (C=O) groups excluding carboxylic acids is 1. The van der Waals surface area contributed by atoms with Crippen LogP contribution in [0.25, 0.3) is 5.65 Å². The van der Waals surface area contributed by atoms with Crippen molar-refractivity contribution in [2.45, 2.75) is 0 Å². The van der Waals surface area contributed by atoms with E-state index in [1.807, 2.05) is 0 Å². The summed E-state index contributed by atoms with van der Waals surface area (Å²) in [5, 5.41) is 10.5. The molecule has 8 heteroatoms. The van der Waals surface area contributed by atoms with Crippen LogP contribution in [0.2, 0.25) is 0 Å². The van der Waals surface area contributed by atoms with Gasteiger partial charge in [0.25, 0.3) is 5.91 Å². The average Bonchev–Trinajstić information content (AvgIpc) is 2.97. The molecule has 96 valence electrons. The Labute approximate surface area is 124 Å². The number of pyridine rings is 1. The Kier molecular flexibility index (Phi) is 3.11. The molecule has 3 rings (SSSR count). The van der Waals surface area contributed by atoms with Gasteiger partial charge in [-0.25, -0.2) is 0 Å². The summed E-state index contributed by atoms with van der Waals surface area (Å²) >= 11 is 6.51. The molecule has 0 aliphatic rings. The number of halogens is 2. The van der Waals surface area contributed by atoms with Crippen molar-refractivity contribution in [3.63, 3.8) is 0 Å². The Balaban J connectivity index is 1.97. The van der Waals surface area contributed by atoms with E-state index < -0.39 is 0 Å². The molecule has 3 heterocycles. The number of rotatable bonds is 2. The van der Waals surface area contributed by atoms with Crippen LogP contribution in [0.3, 0.4) is 0 Å². The Morgan fingerprint density at radius 1 is 1.37 bits per heavy atom. The number of aromatic nitrogens is 3. The monoisotopic (exact) mass is 384 g/mol. The third-order valence-corrected chi connectivity index (χ3v) is 3.26. The molecule has 3 aromatic rings. The maximum Gasteiger partial charge on any atom is 0.291 e. The number of fused-ring (bicyclic) bond motifs is 1. The largest absolute Gasteiger partial charge is 0.444 e. The molecule has 0 spiro atoms. The van der Waals surface area contributed by atoms with Crippen LogP contribution in [0.5, 0.6) is 0 Å². The van der Waals surface area contributed by atoms with Gasteiger partial charge >= 0.3 is 0 Å². The third-order valence-electron chi connectivity index (χ3n) is 2.40. The SMILES string of the molecule is O=C(Nc1cc(Br)cn2cnnc12)c1ccc(Br)o1. The lowest BCUT2D eigenvalue weighted by Crippen LogP contribution is -2.12.